The molecular weight excluding hydrogens is 204 g/mol. The summed E-state index contributed by atoms with van der Waals surface area (Å²) in [5.41, 5.74) is 2.60. The molecule has 1 N–H and O–H groups in total. The molecule has 1 aliphatic carbocycles. The molecule has 1 fully saturated rings. The smallest absolute Gasteiger partial charge is 0.338 e. The summed E-state index contributed by atoms with van der Waals surface area (Å²) in [5, 5.41) is 10.0. The fourth-order valence-corrected chi connectivity index (χ4v) is 1.86. The first-order chi connectivity index (χ1) is 7.48. The minimum atomic E-state index is -0.707. The lowest BCUT2D eigenvalue weighted by atomic mass is 9.96. The van der Waals surface area contributed by atoms with Crippen LogP contribution in [0.5, 0.6) is 0 Å². The van der Waals surface area contributed by atoms with Crippen LogP contribution in [0.25, 0.3) is 0 Å². The number of aryl methyl sites for hydroxylation is 1. The SMILES string of the molecule is COC(=O)c1cc(C2(O)CC2)cc(C)c1C. The van der Waals surface area contributed by atoms with Crippen LogP contribution >= 0.6 is 0 Å². The van der Waals surface area contributed by atoms with Crippen molar-refractivity contribution in [3.05, 3.63) is 34.4 Å². The van der Waals surface area contributed by atoms with Gasteiger partial charge in [-0.25, -0.2) is 4.79 Å². The molecular formula is C13H16O3. The molecule has 0 bridgehead atoms. The molecule has 0 aliphatic heterocycles. The highest BCUT2D eigenvalue weighted by Gasteiger charge is 2.42. The molecule has 16 heavy (non-hydrogen) atoms. The zero-order valence-corrected chi connectivity index (χ0v) is 9.83. The largest absolute Gasteiger partial charge is 0.465 e. The number of hydrogen-bond acceptors (Lipinski definition) is 3. The Morgan fingerprint density at radius 2 is 2.00 bits per heavy atom. The van der Waals surface area contributed by atoms with Crippen molar-refractivity contribution in [1.29, 1.82) is 0 Å². The summed E-state index contributed by atoms with van der Waals surface area (Å²) in [5.74, 6) is -0.341. The van der Waals surface area contributed by atoms with Crippen molar-refractivity contribution in [3.8, 4) is 0 Å². The highest BCUT2D eigenvalue weighted by atomic mass is 16.5. The van der Waals surface area contributed by atoms with E-state index < -0.39 is 5.60 Å². The van der Waals surface area contributed by atoms with Crippen LogP contribution in [-0.2, 0) is 10.3 Å². The summed E-state index contributed by atoms with van der Waals surface area (Å²) < 4.78 is 4.74. The van der Waals surface area contributed by atoms with E-state index >= 15 is 0 Å². The van der Waals surface area contributed by atoms with Crippen LogP contribution in [-0.4, -0.2) is 18.2 Å². The van der Waals surface area contributed by atoms with E-state index in [1.165, 1.54) is 7.11 Å². The Morgan fingerprint density at radius 3 is 2.50 bits per heavy atom. The van der Waals surface area contributed by atoms with E-state index in [1.54, 1.807) is 6.07 Å². The quantitative estimate of drug-likeness (QED) is 0.776. The maximum Gasteiger partial charge on any atom is 0.338 e. The molecule has 0 atom stereocenters. The number of carbonyl (C=O) groups excluding carboxylic acids is 1. The first-order valence-corrected chi connectivity index (χ1v) is 5.40. The Hall–Kier alpha value is -1.35. The maximum absolute atomic E-state index is 11.6. The second-order valence-corrected chi connectivity index (χ2v) is 4.49. The van der Waals surface area contributed by atoms with Crippen LogP contribution in [0.2, 0.25) is 0 Å². The van der Waals surface area contributed by atoms with Crippen LogP contribution in [0, 0.1) is 13.8 Å². The topological polar surface area (TPSA) is 46.5 Å². The van der Waals surface area contributed by atoms with Gasteiger partial charge in [-0.3, -0.25) is 0 Å². The standard InChI is InChI=1S/C13H16O3/c1-8-6-10(13(15)4-5-13)7-11(9(8)2)12(14)16-3/h6-7,15H,4-5H2,1-3H3. The van der Waals surface area contributed by atoms with Gasteiger partial charge in [0.15, 0.2) is 0 Å². The third kappa shape index (κ3) is 1.71. The first-order valence-electron chi connectivity index (χ1n) is 5.40. The average Bonchev–Trinajstić information content (AvgIpc) is 3.00. The zero-order chi connectivity index (χ0) is 11.9. The van der Waals surface area contributed by atoms with Gasteiger partial charge in [-0.1, -0.05) is 6.07 Å². The Labute approximate surface area is 95.0 Å². The number of rotatable bonds is 2. The normalized spacial score (nSPS) is 17.0. The monoisotopic (exact) mass is 220 g/mol. The highest BCUT2D eigenvalue weighted by molar-refractivity contribution is 5.91. The fraction of sp³-hybridized carbons (Fsp3) is 0.462. The Bertz CT molecular complexity index is 445. The van der Waals surface area contributed by atoms with Gasteiger partial charge in [-0.15, -0.1) is 0 Å². The minimum Gasteiger partial charge on any atom is -0.465 e. The number of aliphatic hydroxyl groups is 1. The van der Waals surface area contributed by atoms with Gasteiger partial charge in [0.25, 0.3) is 0 Å². The molecule has 2 rings (SSSR count). The Kier molecular flexibility index (Phi) is 2.50. The number of carbonyl (C=O) groups is 1. The van der Waals surface area contributed by atoms with Crippen molar-refractivity contribution in [2.75, 3.05) is 7.11 Å². The average molecular weight is 220 g/mol. The Balaban J connectivity index is 2.51. The molecule has 86 valence electrons. The van der Waals surface area contributed by atoms with Gasteiger partial charge in [0.1, 0.15) is 0 Å². The van der Waals surface area contributed by atoms with Gasteiger partial charge in [-0.05, 0) is 49.4 Å². The third-order valence-corrected chi connectivity index (χ3v) is 3.33. The number of benzene rings is 1. The first kappa shape index (κ1) is 11.1. The number of methoxy groups -OCH3 is 1. The molecule has 0 heterocycles. The predicted octanol–water partition coefficient (Wildman–Crippen LogP) is 2.07. The van der Waals surface area contributed by atoms with Crippen molar-refractivity contribution in [3.63, 3.8) is 0 Å². The van der Waals surface area contributed by atoms with E-state index in [4.69, 9.17) is 4.74 Å². The molecule has 0 unspecified atom stereocenters. The van der Waals surface area contributed by atoms with Gasteiger partial charge in [0.2, 0.25) is 0 Å². The molecule has 1 aromatic carbocycles. The van der Waals surface area contributed by atoms with E-state index in [2.05, 4.69) is 0 Å². The highest BCUT2D eigenvalue weighted by Crippen LogP contribution is 2.46. The number of hydrogen-bond donors (Lipinski definition) is 1. The molecule has 1 aliphatic rings. The van der Waals surface area contributed by atoms with E-state index in [0.717, 1.165) is 29.5 Å². The van der Waals surface area contributed by atoms with Gasteiger partial charge in [0, 0.05) is 0 Å². The summed E-state index contributed by atoms with van der Waals surface area (Å²) in [6.07, 6.45) is 1.55. The van der Waals surface area contributed by atoms with Crippen LogP contribution in [0.3, 0.4) is 0 Å². The van der Waals surface area contributed by atoms with Gasteiger partial charge in [0.05, 0.1) is 18.3 Å². The molecule has 3 heteroatoms. The molecule has 0 saturated heterocycles. The van der Waals surface area contributed by atoms with Crippen molar-refractivity contribution in [2.24, 2.45) is 0 Å². The van der Waals surface area contributed by atoms with E-state index in [-0.39, 0.29) is 5.97 Å². The summed E-state index contributed by atoms with van der Waals surface area (Å²) in [6, 6.07) is 3.70. The summed E-state index contributed by atoms with van der Waals surface area (Å²) in [4.78, 5) is 11.6. The van der Waals surface area contributed by atoms with Crippen molar-refractivity contribution in [2.45, 2.75) is 32.3 Å². The van der Waals surface area contributed by atoms with Crippen molar-refractivity contribution in [1.82, 2.24) is 0 Å². The van der Waals surface area contributed by atoms with Crippen molar-refractivity contribution < 1.29 is 14.6 Å². The van der Waals surface area contributed by atoms with Crippen LogP contribution in [0.1, 0.15) is 39.9 Å². The van der Waals surface area contributed by atoms with Crippen LogP contribution in [0.15, 0.2) is 12.1 Å². The zero-order valence-electron chi connectivity index (χ0n) is 9.83. The number of ether oxygens (including phenoxy) is 1. The molecule has 3 nitrogen and oxygen atoms in total. The third-order valence-electron chi connectivity index (χ3n) is 3.33. The maximum atomic E-state index is 11.6. The molecule has 1 aromatic rings. The Morgan fingerprint density at radius 1 is 1.38 bits per heavy atom. The molecule has 0 aromatic heterocycles. The molecule has 1 saturated carbocycles. The lowest BCUT2D eigenvalue weighted by Crippen LogP contribution is -2.11. The van der Waals surface area contributed by atoms with Crippen molar-refractivity contribution >= 4 is 5.97 Å². The number of esters is 1. The van der Waals surface area contributed by atoms with E-state index in [9.17, 15) is 9.90 Å². The van der Waals surface area contributed by atoms with E-state index in [0.29, 0.717) is 5.56 Å². The van der Waals surface area contributed by atoms with Gasteiger partial charge in [-0.2, -0.15) is 0 Å². The summed E-state index contributed by atoms with van der Waals surface area (Å²) in [6.45, 7) is 3.83. The second kappa shape index (κ2) is 3.59. The van der Waals surface area contributed by atoms with E-state index in [1.807, 2.05) is 19.9 Å². The predicted molar refractivity (Wildman–Crippen MR) is 60.4 cm³/mol. The molecule has 0 spiro atoms. The van der Waals surface area contributed by atoms with Gasteiger partial charge >= 0.3 is 5.97 Å². The molecule has 0 amide bonds. The lowest BCUT2D eigenvalue weighted by Gasteiger charge is -2.14. The molecule has 0 radical (unpaired) electrons. The summed E-state index contributed by atoms with van der Waals surface area (Å²) >= 11 is 0. The van der Waals surface area contributed by atoms with Crippen LogP contribution < -0.4 is 0 Å². The minimum absolute atomic E-state index is 0.341. The summed E-state index contributed by atoms with van der Waals surface area (Å²) in [7, 11) is 1.37. The van der Waals surface area contributed by atoms with Gasteiger partial charge < -0.3 is 9.84 Å². The van der Waals surface area contributed by atoms with Crippen LogP contribution in [0.4, 0.5) is 0 Å². The second-order valence-electron chi connectivity index (χ2n) is 4.49. The fourth-order valence-electron chi connectivity index (χ4n) is 1.86. The lowest BCUT2D eigenvalue weighted by molar-refractivity contribution is 0.0599.